The van der Waals surface area contributed by atoms with Crippen molar-refractivity contribution < 1.29 is 4.79 Å². The van der Waals surface area contributed by atoms with Gasteiger partial charge in [0.15, 0.2) is 0 Å². The Balaban J connectivity index is 1.39. The average Bonchev–Trinajstić information content (AvgIpc) is 3.11. The summed E-state index contributed by atoms with van der Waals surface area (Å²) in [6.07, 6.45) is 12.9. The zero-order valence-corrected chi connectivity index (χ0v) is 15.4. The summed E-state index contributed by atoms with van der Waals surface area (Å²) in [5.41, 5.74) is 0. The van der Waals surface area contributed by atoms with E-state index in [4.69, 9.17) is 0 Å². The summed E-state index contributed by atoms with van der Waals surface area (Å²) >= 11 is 0. The van der Waals surface area contributed by atoms with Gasteiger partial charge < -0.3 is 5.32 Å². The molecule has 2 aliphatic rings. The number of amides is 2. The Morgan fingerprint density at radius 1 is 1.20 bits per heavy atom. The summed E-state index contributed by atoms with van der Waals surface area (Å²) in [7, 11) is 0. The van der Waals surface area contributed by atoms with Crippen LogP contribution >= 0.6 is 0 Å². The number of hydrogen-bond donors (Lipinski definition) is 2. The molecule has 0 spiro atoms. The molecule has 0 radical (unpaired) electrons. The van der Waals surface area contributed by atoms with Gasteiger partial charge in [0.25, 0.3) is 0 Å². The van der Waals surface area contributed by atoms with Crippen LogP contribution in [0.1, 0.15) is 70.8 Å². The average molecular weight is 348 g/mol. The van der Waals surface area contributed by atoms with Gasteiger partial charge in [0.2, 0.25) is 5.95 Å². The van der Waals surface area contributed by atoms with Gasteiger partial charge in [-0.1, -0.05) is 32.6 Å². The predicted molar refractivity (Wildman–Crippen MR) is 98.7 cm³/mol. The molecule has 2 amide bonds. The minimum absolute atomic E-state index is 0.216. The highest BCUT2D eigenvalue weighted by Crippen LogP contribution is 2.27. The van der Waals surface area contributed by atoms with E-state index in [1.807, 2.05) is 4.68 Å². The largest absolute Gasteiger partial charge is 0.337 e. The number of piperidine rings is 1. The van der Waals surface area contributed by atoms with Crippen molar-refractivity contribution >= 4 is 12.0 Å². The fourth-order valence-electron chi connectivity index (χ4n) is 4.13. The Kier molecular flexibility index (Phi) is 6.67. The molecule has 1 unspecified atom stereocenters. The lowest BCUT2D eigenvalue weighted by molar-refractivity contribution is 0.145. The molecule has 25 heavy (non-hydrogen) atoms. The molecule has 1 aromatic heterocycles. The van der Waals surface area contributed by atoms with E-state index in [1.165, 1.54) is 44.9 Å². The molecule has 7 nitrogen and oxygen atoms in total. The molecule has 1 saturated carbocycles. The first-order valence-electron chi connectivity index (χ1n) is 9.96. The van der Waals surface area contributed by atoms with Crippen molar-refractivity contribution in [3.05, 3.63) is 6.33 Å². The van der Waals surface area contributed by atoms with Crippen LogP contribution in [0.4, 0.5) is 10.7 Å². The Labute approximate surface area is 150 Å². The van der Waals surface area contributed by atoms with Gasteiger partial charge in [0.1, 0.15) is 6.33 Å². The van der Waals surface area contributed by atoms with Gasteiger partial charge in [0, 0.05) is 19.1 Å². The number of aromatic nitrogens is 3. The Bertz CT molecular complexity index is 539. The van der Waals surface area contributed by atoms with Crippen LogP contribution in [-0.4, -0.2) is 51.4 Å². The number of likely N-dealkylation sites (tertiary alicyclic amines) is 1. The summed E-state index contributed by atoms with van der Waals surface area (Å²) < 4.78 is 1.91. The summed E-state index contributed by atoms with van der Waals surface area (Å²) in [6, 6.07) is 0.892. The zero-order valence-electron chi connectivity index (χ0n) is 15.4. The molecule has 0 aromatic carbocycles. The van der Waals surface area contributed by atoms with E-state index < -0.39 is 0 Å². The molecule has 7 heteroatoms. The molecular weight excluding hydrogens is 316 g/mol. The highest BCUT2D eigenvalue weighted by atomic mass is 16.2. The van der Waals surface area contributed by atoms with Crippen LogP contribution in [-0.2, 0) is 0 Å². The van der Waals surface area contributed by atoms with Crippen LogP contribution < -0.4 is 10.6 Å². The van der Waals surface area contributed by atoms with E-state index in [2.05, 4.69) is 32.5 Å². The maximum atomic E-state index is 12.1. The molecule has 2 heterocycles. The SMILES string of the molecule is CCC1CCCCN1CCNC(=O)Nc1ncn(C2CCCCC2)n1. The van der Waals surface area contributed by atoms with Gasteiger partial charge in [-0.05, 0) is 38.6 Å². The lowest BCUT2D eigenvalue weighted by Crippen LogP contribution is -2.44. The first kappa shape index (κ1) is 18.2. The van der Waals surface area contributed by atoms with Gasteiger partial charge in [-0.15, -0.1) is 5.10 Å². The summed E-state index contributed by atoms with van der Waals surface area (Å²) in [4.78, 5) is 18.8. The molecule has 0 bridgehead atoms. The Morgan fingerprint density at radius 3 is 2.80 bits per heavy atom. The fourth-order valence-corrected chi connectivity index (χ4v) is 4.13. The third kappa shape index (κ3) is 5.17. The third-order valence-corrected chi connectivity index (χ3v) is 5.59. The second-order valence-electron chi connectivity index (χ2n) is 7.31. The second kappa shape index (κ2) is 9.17. The minimum Gasteiger partial charge on any atom is -0.337 e. The number of urea groups is 1. The monoisotopic (exact) mass is 348 g/mol. The van der Waals surface area contributed by atoms with E-state index in [0.717, 1.165) is 25.9 Å². The molecule has 2 fully saturated rings. The van der Waals surface area contributed by atoms with Crippen molar-refractivity contribution in [2.24, 2.45) is 0 Å². The maximum Gasteiger partial charge on any atom is 0.321 e. The molecule has 1 saturated heterocycles. The van der Waals surface area contributed by atoms with Crippen molar-refractivity contribution in [2.75, 3.05) is 25.0 Å². The standard InChI is InChI=1S/C18H32N6O/c1-2-15-8-6-7-12-23(15)13-11-19-18(25)21-17-20-14-24(22-17)16-9-4-3-5-10-16/h14-16H,2-13H2,1H3,(H2,19,21,22,25). The lowest BCUT2D eigenvalue weighted by Gasteiger charge is -2.35. The summed E-state index contributed by atoms with van der Waals surface area (Å²) in [5.74, 6) is 0.396. The quantitative estimate of drug-likeness (QED) is 0.828. The number of nitrogens with one attached hydrogen (secondary N) is 2. The molecule has 3 rings (SSSR count). The molecule has 1 aliphatic heterocycles. The number of anilines is 1. The Morgan fingerprint density at radius 2 is 2.00 bits per heavy atom. The van der Waals surface area contributed by atoms with Crippen LogP contribution in [0.25, 0.3) is 0 Å². The van der Waals surface area contributed by atoms with Crippen molar-refractivity contribution in [2.45, 2.75) is 76.8 Å². The summed E-state index contributed by atoms with van der Waals surface area (Å²) in [5, 5.41) is 10.1. The predicted octanol–water partition coefficient (Wildman–Crippen LogP) is 3.17. The van der Waals surface area contributed by atoms with Crippen LogP contribution in [0, 0.1) is 0 Å². The van der Waals surface area contributed by atoms with E-state index in [-0.39, 0.29) is 6.03 Å². The fraction of sp³-hybridized carbons (Fsp3) is 0.833. The molecule has 2 N–H and O–H groups in total. The molecule has 1 atom stereocenters. The van der Waals surface area contributed by atoms with Crippen molar-refractivity contribution in [1.29, 1.82) is 0 Å². The van der Waals surface area contributed by atoms with Crippen LogP contribution in [0.15, 0.2) is 6.33 Å². The van der Waals surface area contributed by atoms with Gasteiger partial charge >= 0.3 is 6.03 Å². The number of carbonyl (C=O) groups is 1. The normalized spacial score (nSPS) is 22.7. The first-order valence-corrected chi connectivity index (χ1v) is 9.96. The van der Waals surface area contributed by atoms with E-state index in [0.29, 0.717) is 24.6 Å². The Hall–Kier alpha value is -1.63. The van der Waals surface area contributed by atoms with E-state index in [1.54, 1.807) is 6.33 Å². The van der Waals surface area contributed by atoms with Gasteiger partial charge in [-0.2, -0.15) is 0 Å². The van der Waals surface area contributed by atoms with Gasteiger partial charge in [0.05, 0.1) is 6.04 Å². The number of hydrogen-bond acceptors (Lipinski definition) is 4. The van der Waals surface area contributed by atoms with Crippen molar-refractivity contribution in [3.63, 3.8) is 0 Å². The van der Waals surface area contributed by atoms with Crippen LogP contribution in [0.3, 0.4) is 0 Å². The third-order valence-electron chi connectivity index (χ3n) is 5.59. The molecule has 140 valence electrons. The number of carbonyl (C=O) groups excluding carboxylic acids is 1. The smallest absolute Gasteiger partial charge is 0.321 e. The van der Waals surface area contributed by atoms with Crippen molar-refractivity contribution in [1.82, 2.24) is 25.0 Å². The second-order valence-corrected chi connectivity index (χ2v) is 7.31. The minimum atomic E-state index is -0.216. The van der Waals surface area contributed by atoms with E-state index in [9.17, 15) is 4.79 Å². The highest BCUT2D eigenvalue weighted by molar-refractivity contribution is 5.87. The topological polar surface area (TPSA) is 75.1 Å². The number of nitrogens with zero attached hydrogens (tertiary/aromatic N) is 4. The first-order chi connectivity index (χ1) is 12.3. The van der Waals surface area contributed by atoms with Gasteiger partial charge in [-0.3, -0.25) is 10.2 Å². The van der Waals surface area contributed by atoms with Gasteiger partial charge in [-0.25, -0.2) is 14.5 Å². The van der Waals surface area contributed by atoms with Crippen LogP contribution in [0.2, 0.25) is 0 Å². The zero-order chi connectivity index (χ0) is 17.5. The lowest BCUT2D eigenvalue weighted by atomic mass is 9.96. The summed E-state index contributed by atoms with van der Waals surface area (Å²) in [6.45, 7) is 4.97. The molecule has 1 aliphatic carbocycles. The number of rotatable bonds is 6. The molecule has 1 aromatic rings. The van der Waals surface area contributed by atoms with Crippen molar-refractivity contribution in [3.8, 4) is 0 Å². The molecular formula is C18H32N6O. The highest BCUT2D eigenvalue weighted by Gasteiger charge is 2.20. The maximum absolute atomic E-state index is 12.1. The van der Waals surface area contributed by atoms with Crippen LogP contribution in [0.5, 0.6) is 0 Å². The van der Waals surface area contributed by atoms with E-state index >= 15 is 0 Å².